The topological polar surface area (TPSA) is 84.7 Å². The van der Waals surface area contributed by atoms with Crippen molar-refractivity contribution < 1.29 is 4.39 Å². The molecule has 0 saturated heterocycles. The molecule has 7 nitrogen and oxygen atoms in total. The van der Waals surface area contributed by atoms with E-state index in [0.29, 0.717) is 23.8 Å². The Morgan fingerprint density at radius 3 is 2.89 bits per heavy atom. The molecule has 8 heteroatoms. The lowest BCUT2D eigenvalue weighted by Crippen LogP contribution is -2.09. The lowest BCUT2D eigenvalue weighted by molar-refractivity contribution is 0.584. The highest BCUT2D eigenvalue weighted by molar-refractivity contribution is 5.54. The fourth-order valence-corrected chi connectivity index (χ4v) is 3.12. The zero-order chi connectivity index (χ0) is 18.8. The third-order valence-corrected chi connectivity index (χ3v) is 4.34. The van der Waals surface area contributed by atoms with Crippen LogP contribution in [0.15, 0.2) is 43.1 Å². The highest BCUT2D eigenvalue weighted by Crippen LogP contribution is 2.21. The third kappa shape index (κ3) is 3.04. The maximum absolute atomic E-state index is 13.5. The number of nitriles is 1. The van der Waals surface area contributed by atoms with E-state index in [1.807, 2.05) is 10.8 Å². The van der Waals surface area contributed by atoms with E-state index in [4.69, 9.17) is 0 Å². The summed E-state index contributed by atoms with van der Waals surface area (Å²) in [6, 6.07) is 6.75. The molecule has 0 fully saturated rings. The predicted molar refractivity (Wildman–Crippen MR) is 96.2 cm³/mol. The predicted octanol–water partition coefficient (Wildman–Crippen LogP) is 3.00. The molecular formula is C19H16FN7. The fourth-order valence-electron chi connectivity index (χ4n) is 3.12. The summed E-state index contributed by atoms with van der Waals surface area (Å²) in [4.78, 5) is 17.2. The smallest absolute Gasteiger partial charge is 0.213 e. The number of hydrogen-bond acceptors (Lipinski definition) is 5. The van der Waals surface area contributed by atoms with E-state index in [9.17, 15) is 9.65 Å². The number of imidazole rings is 2. The Morgan fingerprint density at radius 1 is 1.22 bits per heavy atom. The standard InChI is InChI=1S/C19H16FN7/c1-2-4-14-16(24-12-27-13(9-21)10-23-18(14)27)11-26-8-7-22-19(26)15-5-3-6-17(20)25-15/h3,5-8,10,12H,2,4,11H2,1H3. The van der Waals surface area contributed by atoms with Crippen LogP contribution in [-0.4, -0.2) is 28.9 Å². The SMILES string of the molecule is CCCc1c(Cn2ccnc2-c2cccc(F)n2)ncn2c(C#N)cnc12. The molecule has 4 rings (SSSR count). The van der Waals surface area contributed by atoms with Gasteiger partial charge in [0.2, 0.25) is 5.95 Å². The first-order valence-corrected chi connectivity index (χ1v) is 8.59. The molecule has 27 heavy (non-hydrogen) atoms. The van der Waals surface area contributed by atoms with Crippen molar-refractivity contribution in [3.63, 3.8) is 0 Å². The van der Waals surface area contributed by atoms with E-state index in [2.05, 4.69) is 32.9 Å². The second-order valence-corrected chi connectivity index (χ2v) is 6.09. The quantitative estimate of drug-likeness (QED) is 0.510. The van der Waals surface area contributed by atoms with Crippen molar-refractivity contribution in [2.45, 2.75) is 26.3 Å². The van der Waals surface area contributed by atoms with Crippen LogP contribution in [0.4, 0.5) is 4.39 Å². The van der Waals surface area contributed by atoms with Crippen LogP contribution in [0.25, 0.3) is 17.2 Å². The van der Waals surface area contributed by atoms with Crippen LogP contribution in [0.1, 0.15) is 30.3 Å². The normalized spacial score (nSPS) is 11.0. The first-order valence-electron chi connectivity index (χ1n) is 8.59. The number of pyridine rings is 1. The number of nitrogens with zero attached hydrogens (tertiary/aromatic N) is 7. The van der Waals surface area contributed by atoms with Crippen molar-refractivity contribution >= 4 is 5.65 Å². The lowest BCUT2D eigenvalue weighted by Gasteiger charge is -2.12. The van der Waals surface area contributed by atoms with Gasteiger partial charge in [-0.2, -0.15) is 9.65 Å². The second-order valence-electron chi connectivity index (χ2n) is 6.09. The summed E-state index contributed by atoms with van der Waals surface area (Å²) in [5, 5.41) is 9.22. The molecule has 4 aromatic rings. The van der Waals surface area contributed by atoms with E-state index in [1.54, 1.807) is 35.3 Å². The maximum Gasteiger partial charge on any atom is 0.213 e. The van der Waals surface area contributed by atoms with Crippen LogP contribution in [0.5, 0.6) is 0 Å². The molecular weight excluding hydrogens is 345 g/mol. The first-order chi connectivity index (χ1) is 13.2. The summed E-state index contributed by atoms with van der Waals surface area (Å²) >= 11 is 0. The van der Waals surface area contributed by atoms with E-state index < -0.39 is 5.95 Å². The van der Waals surface area contributed by atoms with Gasteiger partial charge in [0.1, 0.15) is 29.4 Å². The third-order valence-electron chi connectivity index (χ3n) is 4.34. The first kappa shape index (κ1) is 16.8. The summed E-state index contributed by atoms with van der Waals surface area (Å²) in [6.07, 6.45) is 8.35. The molecule has 134 valence electrons. The minimum Gasteiger partial charge on any atom is -0.324 e. The van der Waals surface area contributed by atoms with Gasteiger partial charge in [0.05, 0.1) is 18.4 Å². The van der Waals surface area contributed by atoms with Crippen molar-refractivity contribution in [2.24, 2.45) is 0 Å². The Bertz CT molecular complexity index is 1150. The summed E-state index contributed by atoms with van der Waals surface area (Å²) < 4.78 is 17.1. The molecule has 0 unspecified atom stereocenters. The van der Waals surface area contributed by atoms with Gasteiger partial charge in [-0.3, -0.25) is 4.40 Å². The van der Waals surface area contributed by atoms with E-state index in [1.165, 1.54) is 6.07 Å². The Balaban J connectivity index is 1.78. The summed E-state index contributed by atoms with van der Waals surface area (Å²) in [5.41, 5.74) is 3.49. The Morgan fingerprint density at radius 2 is 2.11 bits per heavy atom. The van der Waals surface area contributed by atoms with Crippen LogP contribution < -0.4 is 0 Å². The molecule has 0 aromatic carbocycles. The van der Waals surface area contributed by atoms with Crippen LogP contribution in [0.2, 0.25) is 0 Å². The van der Waals surface area contributed by atoms with E-state index in [-0.39, 0.29) is 0 Å². The highest BCUT2D eigenvalue weighted by atomic mass is 19.1. The zero-order valence-corrected chi connectivity index (χ0v) is 14.7. The monoisotopic (exact) mass is 361 g/mol. The number of hydrogen-bond donors (Lipinski definition) is 0. The molecule has 0 saturated carbocycles. The minimum atomic E-state index is -0.547. The molecule has 0 N–H and O–H groups in total. The molecule has 0 aliphatic carbocycles. The minimum absolute atomic E-state index is 0.452. The van der Waals surface area contributed by atoms with Gasteiger partial charge >= 0.3 is 0 Å². The molecule has 0 aliphatic rings. The number of fused-ring (bicyclic) bond motifs is 1. The molecule has 0 amide bonds. The van der Waals surface area contributed by atoms with E-state index in [0.717, 1.165) is 29.7 Å². The van der Waals surface area contributed by atoms with Gasteiger partial charge in [0.15, 0.2) is 5.82 Å². The van der Waals surface area contributed by atoms with Gasteiger partial charge in [-0.25, -0.2) is 19.9 Å². The van der Waals surface area contributed by atoms with Gasteiger partial charge in [-0.1, -0.05) is 19.4 Å². The summed E-state index contributed by atoms with van der Waals surface area (Å²) in [6.45, 7) is 2.54. The van der Waals surface area contributed by atoms with Crippen LogP contribution in [-0.2, 0) is 13.0 Å². The zero-order valence-electron chi connectivity index (χ0n) is 14.7. The molecule has 0 bridgehead atoms. The van der Waals surface area contributed by atoms with Crippen molar-refractivity contribution in [2.75, 3.05) is 0 Å². The van der Waals surface area contributed by atoms with Crippen LogP contribution in [0, 0.1) is 17.3 Å². The molecule has 4 aromatic heterocycles. The molecule has 0 atom stereocenters. The Hall–Kier alpha value is -3.60. The molecule has 4 heterocycles. The number of halogens is 1. The van der Waals surface area contributed by atoms with Crippen LogP contribution in [0.3, 0.4) is 0 Å². The average Bonchev–Trinajstić information content (AvgIpc) is 3.30. The number of aromatic nitrogens is 6. The van der Waals surface area contributed by atoms with Crippen LogP contribution >= 0.6 is 0 Å². The van der Waals surface area contributed by atoms with Crippen molar-refractivity contribution in [3.8, 4) is 17.6 Å². The van der Waals surface area contributed by atoms with Gasteiger partial charge < -0.3 is 4.57 Å². The van der Waals surface area contributed by atoms with E-state index >= 15 is 0 Å². The molecule has 0 aliphatic heterocycles. The Labute approximate surface area is 154 Å². The van der Waals surface area contributed by atoms with Crippen molar-refractivity contribution in [1.82, 2.24) is 28.9 Å². The summed E-state index contributed by atoms with van der Waals surface area (Å²) in [5.74, 6) is 0.0226. The fraction of sp³-hybridized carbons (Fsp3) is 0.211. The van der Waals surface area contributed by atoms with Gasteiger partial charge in [0, 0.05) is 18.0 Å². The number of aryl methyl sites for hydroxylation is 1. The van der Waals surface area contributed by atoms with Crippen molar-refractivity contribution in [3.05, 3.63) is 66.0 Å². The van der Waals surface area contributed by atoms with Gasteiger partial charge in [-0.15, -0.1) is 0 Å². The average molecular weight is 361 g/mol. The van der Waals surface area contributed by atoms with Gasteiger partial charge in [-0.05, 0) is 18.6 Å². The maximum atomic E-state index is 13.5. The Kier molecular flexibility index (Phi) is 4.34. The second kappa shape index (κ2) is 6.96. The highest BCUT2D eigenvalue weighted by Gasteiger charge is 2.15. The van der Waals surface area contributed by atoms with Gasteiger partial charge in [0.25, 0.3) is 0 Å². The number of rotatable bonds is 5. The summed E-state index contributed by atoms with van der Waals surface area (Å²) in [7, 11) is 0. The lowest BCUT2D eigenvalue weighted by atomic mass is 10.1. The largest absolute Gasteiger partial charge is 0.324 e. The molecule has 0 radical (unpaired) electrons. The molecule has 0 spiro atoms. The van der Waals surface area contributed by atoms with Crippen molar-refractivity contribution in [1.29, 1.82) is 5.26 Å².